The van der Waals surface area contributed by atoms with Gasteiger partial charge in [0.05, 0.1) is 0 Å². The van der Waals surface area contributed by atoms with E-state index in [0.717, 1.165) is 11.4 Å². The van der Waals surface area contributed by atoms with Crippen LogP contribution in [0.4, 0.5) is 34.1 Å². The fourth-order valence-corrected chi connectivity index (χ4v) is 11.2. The minimum atomic E-state index is -0.0800. The Bertz CT molecular complexity index is 3370. The van der Waals surface area contributed by atoms with Gasteiger partial charge in [-0.15, -0.1) is 0 Å². The monoisotopic (exact) mass is 734 g/mol. The maximum absolute atomic E-state index is 2.61. The molecule has 0 spiro atoms. The molecule has 0 saturated heterocycles. The number of rotatable bonds is 3. The molecule has 0 saturated carbocycles. The normalized spacial score (nSPS) is 13.7. The zero-order valence-electron chi connectivity index (χ0n) is 31.4. The summed E-state index contributed by atoms with van der Waals surface area (Å²) in [4.78, 5) is 5.16. The van der Waals surface area contributed by atoms with Crippen LogP contribution in [0, 0.1) is 0 Å². The number of hydrogen-bond donors (Lipinski definition) is 0. The van der Waals surface area contributed by atoms with Gasteiger partial charge in [0.2, 0.25) is 0 Å². The lowest BCUT2D eigenvalue weighted by atomic mass is 9.39. The molecule has 266 valence electrons. The number of para-hydroxylation sites is 4. The van der Waals surface area contributed by atoms with Crippen molar-refractivity contribution in [3.63, 3.8) is 0 Å². The van der Waals surface area contributed by atoms with Gasteiger partial charge in [-0.1, -0.05) is 127 Å². The molecule has 4 nitrogen and oxygen atoms in total. The smallest absolute Gasteiger partial charge is 0.334 e. The molecule has 4 aliphatic rings. The fourth-order valence-electron chi connectivity index (χ4n) is 11.2. The van der Waals surface area contributed by atoms with Gasteiger partial charge in [-0.3, -0.25) is 0 Å². The summed E-state index contributed by atoms with van der Waals surface area (Å²) in [6.07, 6.45) is 4.68. The summed E-state index contributed by atoms with van der Waals surface area (Å²) >= 11 is 0. The van der Waals surface area contributed by atoms with Gasteiger partial charge in [0.15, 0.2) is 0 Å². The fraction of sp³-hybridized carbons (Fsp3) is 0. The van der Waals surface area contributed by atoms with Crippen molar-refractivity contribution >= 4 is 91.5 Å². The van der Waals surface area contributed by atoms with Crippen molar-refractivity contribution in [2.24, 2.45) is 0 Å². The first-order valence-electron chi connectivity index (χ1n) is 20.3. The predicted molar refractivity (Wildman–Crippen MR) is 244 cm³/mol. The second-order valence-corrected chi connectivity index (χ2v) is 16.0. The Kier molecular flexibility index (Phi) is 5.89. The van der Waals surface area contributed by atoms with Crippen LogP contribution >= 0.6 is 0 Å². The van der Waals surface area contributed by atoms with Gasteiger partial charge in [0.1, 0.15) is 0 Å². The second-order valence-electron chi connectivity index (χ2n) is 16.0. The maximum atomic E-state index is 2.61. The van der Waals surface area contributed by atoms with Crippen molar-refractivity contribution in [1.29, 1.82) is 0 Å². The molecular formula is C52H32B2N4. The molecule has 10 aromatic rings. The molecule has 0 N–H and O–H groups in total. The van der Waals surface area contributed by atoms with Crippen molar-refractivity contribution in [3.8, 4) is 33.4 Å². The molecular weight excluding hydrogens is 702 g/mol. The van der Waals surface area contributed by atoms with Gasteiger partial charge in [-0.25, -0.2) is 0 Å². The third kappa shape index (κ3) is 3.78. The Morgan fingerprint density at radius 2 is 0.810 bits per heavy atom. The third-order valence-electron chi connectivity index (χ3n) is 13.3. The highest BCUT2D eigenvalue weighted by molar-refractivity contribution is 6.95. The van der Waals surface area contributed by atoms with E-state index in [0.29, 0.717) is 0 Å². The Balaban J connectivity index is 1.23. The van der Waals surface area contributed by atoms with E-state index in [2.05, 4.69) is 213 Å². The van der Waals surface area contributed by atoms with Gasteiger partial charge >= 0.3 is 13.7 Å². The summed E-state index contributed by atoms with van der Waals surface area (Å²) in [7, 11) is 0. The standard InChI is InChI=1S/C52H32B2N4/c1-4-14-33(15-5-1)42-32-45-49(54-46-38(40-24-11-17-35-29-31-56(54)51(35)40)22-12-26-43(46)57(45)36-18-6-2-7-19-36)52-48(42)53-47-39(41-25-10-16-34-28-30-55(53)50(34)41)23-13-27-44(47)58(52)37-20-8-3-9-21-37/h1-32H. The molecule has 6 heteroatoms. The largest absolute Gasteiger partial charge is 0.382 e. The molecule has 0 bridgehead atoms. The lowest BCUT2D eigenvalue weighted by Gasteiger charge is -2.47. The summed E-state index contributed by atoms with van der Waals surface area (Å²) in [5.74, 6) is 0. The molecule has 4 aliphatic heterocycles. The van der Waals surface area contributed by atoms with E-state index < -0.39 is 0 Å². The minimum absolute atomic E-state index is 0.0588. The first-order chi connectivity index (χ1) is 28.8. The number of anilines is 6. The highest BCUT2D eigenvalue weighted by Gasteiger charge is 2.50. The second kappa shape index (κ2) is 11.1. The summed E-state index contributed by atoms with van der Waals surface area (Å²) in [6, 6.07) is 67.8. The Hall–Kier alpha value is -7.43. The van der Waals surface area contributed by atoms with Crippen molar-refractivity contribution in [1.82, 2.24) is 8.96 Å². The van der Waals surface area contributed by atoms with Crippen LogP contribution in [0.2, 0.25) is 0 Å². The Morgan fingerprint density at radius 3 is 1.40 bits per heavy atom. The maximum Gasteiger partial charge on any atom is 0.334 e. The average Bonchev–Trinajstić information content (AvgIpc) is 3.93. The number of nitrogens with zero attached hydrogens (tertiary/aromatic N) is 4. The van der Waals surface area contributed by atoms with Crippen LogP contribution in [-0.2, 0) is 0 Å². The molecule has 14 rings (SSSR count). The number of benzene rings is 8. The van der Waals surface area contributed by atoms with Crippen LogP contribution < -0.4 is 31.7 Å². The Morgan fingerprint density at radius 1 is 0.328 bits per heavy atom. The van der Waals surface area contributed by atoms with Gasteiger partial charge < -0.3 is 18.8 Å². The van der Waals surface area contributed by atoms with E-state index in [1.807, 2.05) is 0 Å². The van der Waals surface area contributed by atoms with Crippen LogP contribution in [0.25, 0.3) is 55.2 Å². The molecule has 0 atom stereocenters. The topological polar surface area (TPSA) is 16.3 Å². The average molecular weight is 734 g/mol. The molecule has 8 aromatic carbocycles. The molecule has 0 radical (unpaired) electrons. The quantitative estimate of drug-likeness (QED) is 0.168. The molecule has 0 amide bonds. The zero-order valence-corrected chi connectivity index (χ0v) is 31.4. The molecule has 2 aromatic heterocycles. The summed E-state index contributed by atoms with van der Waals surface area (Å²) < 4.78 is 5.16. The lowest BCUT2D eigenvalue weighted by Crippen LogP contribution is -2.63. The number of aromatic nitrogens is 2. The van der Waals surface area contributed by atoms with Crippen LogP contribution in [0.3, 0.4) is 0 Å². The molecule has 0 fully saturated rings. The van der Waals surface area contributed by atoms with Crippen molar-refractivity contribution in [2.75, 3.05) is 9.80 Å². The van der Waals surface area contributed by atoms with Gasteiger partial charge in [0, 0.05) is 56.3 Å². The van der Waals surface area contributed by atoms with E-state index in [-0.39, 0.29) is 13.7 Å². The van der Waals surface area contributed by atoms with Crippen LogP contribution in [0.5, 0.6) is 0 Å². The highest BCUT2D eigenvalue weighted by atomic mass is 15.2. The summed E-state index contributed by atoms with van der Waals surface area (Å²) in [5.41, 5.74) is 22.8. The summed E-state index contributed by atoms with van der Waals surface area (Å²) in [5, 5.41) is 2.54. The van der Waals surface area contributed by atoms with E-state index >= 15 is 0 Å². The summed E-state index contributed by atoms with van der Waals surface area (Å²) in [6.45, 7) is -0.139. The van der Waals surface area contributed by atoms with Crippen molar-refractivity contribution in [3.05, 3.63) is 194 Å². The first kappa shape index (κ1) is 30.7. The molecule has 58 heavy (non-hydrogen) atoms. The van der Waals surface area contributed by atoms with E-state index in [4.69, 9.17) is 0 Å². The number of hydrogen-bond acceptors (Lipinski definition) is 2. The van der Waals surface area contributed by atoms with Crippen molar-refractivity contribution in [2.45, 2.75) is 0 Å². The molecule has 6 heterocycles. The SMILES string of the molecule is c1ccc(-c2cc3c(c4c2B2c5c(cccc5N4c4ccccc4)-c4cccc5ccn2c45)B2c4c(cccc4N3c3ccccc3)-c3cccc4ccn2c34)cc1. The van der Waals surface area contributed by atoms with E-state index in [1.165, 1.54) is 99.8 Å². The highest BCUT2D eigenvalue weighted by Crippen LogP contribution is 2.49. The van der Waals surface area contributed by atoms with Crippen LogP contribution in [0.15, 0.2) is 194 Å². The number of fused-ring (bicyclic) bond motifs is 9. The third-order valence-corrected chi connectivity index (χ3v) is 13.3. The minimum Gasteiger partial charge on any atom is -0.382 e. The first-order valence-corrected chi connectivity index (χ1v) is 20.3. The van der Waals surface area contributed by atoms with Gasteiger partial charge in [-0.05, 0) is 122 Å². The van der Waals surface area contributed by atoms with E-state index in [1.54, 1.807) is 0 Å². The van der Waals surface area contributed by atoms with Crippen molar-refractivity contribution < 1.29 is 0 Å². The van der Waals surface area contributed by atoms with Gasteiger partial charge in [-0.2, -0.15) is 0 Å². The zero-order chi connectivity index (χ0) is 37.6. The lowest BCUT2D eigenvalue weighted by molar-refractivity contribution is 1.20. The Labute approximate surface area is 336 Å². The molecule has 0 aliphatic carbocycles. The van der Waals surface area contributed by atoms with E-state index in [9.17, 15) is 0 Å². The van der Waals surface area contributed by atoms with Crippen LogP contribution in [0.1, 0.15) is 0 Å². The van der Waals surface area contributed by atoms with Gasteiger partial charge in [0.25, 0.3) is 0 Å². The predicted octanol–water partition coefficient (Wildman–Crippen LogP) is 10.1. The molecule has 0 unspecified atom stereocenters. The van der Waals surface area contributed by atoms with Crippen LogP contribution in [-0.4, -0.2) is 22.7 Å².